The number of ketones is 1. The predicted octanol–water partition coefficient (Wildman–Crippen LogP) is 0.172. The fraction of sp³-hybridized carbons (Fsp3) is 0.600. The monoisotopic (exact) mass is 214 g/mol. The lowest BCUT2D eigenvalue weighted by atomic mass is 9.99. The molecule has 1 unspecified atom stereocenters. The number of carbonyl (C=O) groups is 2. The van der Waals surface area contributed by atoms with Gasteiger partial charge >= 0.3 is 5.97 Å². The molecule has 0 fully saturated rings. The van der Waals surface area contributed by atoms with Gasteiger partial charge in [-0.3, -0.25) is 4.79 Å². The molecule has 1 aliphatic heterocycles. The Labute approximate surface area is 87.7 Å². The van der Waals surface area contributed by atoms with Crippen LogP contribution in [0.15, 0.2) is 11.8 Å². The fourth-order valence-corrected chi connectivity index (χ4v) is 0.996. The van der Waals surface area contributed by atoms with Gasteiger partial charge < -0.3 is 14.6 Å². The Morgan fingerprint density at radius 3 is 2.73 bits per heavy atom. The van der Waals surface area contributed by atoms with E-state index in [9.17, 15) is 14.7 Å². The van der Waals surface area contributed by atoms with Crippen molar-refractivity contribution in [2.45, 2.75) is 32.5 Å². The molecule has 1 N–H and O–H groups in total. The number of carbonyl (C=O) groups excluding carboxylic acids is 2. The maximum Gasteiger partial charge on any atom is 0.373 e. The van der Waals surface area contributed by atoms with E-state index in [1.54, 1.807) is 13.8 Å². The molecule has 0 aromatic rings. The molecule has 0 aromatic heterocycles. The van der Waals surface area contributed by atoms with E-state index in [0.717, 1.165) is 6.08 Å². The third-order valence-corrected chi connectivity index (χ3v) is 1.85. The van der Waals surface area contributed by atoms with Crippen molar-refractivity contribution in [3.8, 4) is 0 Å². The van der Waals surface area contributed by atoms with Crippen LogP contribution >= 0.6 is 0 Å². The first kappa shape index (κ1) is 11.7. The van der Waals surface area contributed by atoms with Crippen molar-refractivity contribution in [1.29, 1.82) is 0 Å². The van der Waals surface area contributed by atoms with Crippen molar-refractivity contribution in [1.82, 2.24) is 0 Å². The highest BCUT2D eigenvalue weighted by Gasteiger charge is 2.36. The molecular formula is C10H14O5. The second kappa shape index (κ2) is 4.02. The quantitative estimate of drug-likeness (QED) is 0.663. The molecule has 0 aliphatic carbocycles. The molecule has 0 saturated carbocycles. The van der Waals surface area contributed by atoms with Gasteiger partial charge in [0.05, 0.1) is 6.10 Å². The normalized spacial score (nSPS) is 25.9. The first-order chi connectivity index (χ1) is 6.83. The maximum atomic E-state index is 11.3. The zero-order chi connectivity index (χ0) is 11.6. The second-order valence-electron chi connectivity index (χ2n) is 3.89. The van der Waals surface area contributed by atoms with Crippen LogP contribution in [-0.2, 0) is 19.1 Å². The molecular weight excluding hydrogens is 200 g/mol. The molecule has 15 heavy (non-hydrogen) atoms. The molecule has 84 valence electrons. The van der Waals surface area contributed by atoms with Crippen LogP contribution < -0.4 is 0 Å². The van der Waals surface area contributed by atoms with Gasteiger partial charge in [0.25, 0.3) is 0 Å². The van der Waals surface area contributed by atoms with E-state index >= 15 is 0 Å². The largest absolute Gasteiger partial charge is 0.483 e. The molecule has 1 aliphatic rings. The highest BCUT2D eigenvalue weighted by atomic mass is 16.6. The number of ether oxygens (including phenoxy) is 2. The molecule has 1 atom stereocenters. The zero-order valence-electron chi connectivity index (χ0n) is 8.94. The SMILES string of the molecule is CC(C)OC(=O)C1=CC(=O)C(C)(O)CO1. The lowest BCUT2D eigenvalue weighted by molar-refractivity contribution is -0.153. The lowest BCUT2D eigenvalue weighted by Gasteiger charge is -2.25. The molecule has 0 saturated heterocycles. The van der Waals surface area contributed by atoms with Crippen LogP contribution in [0.1, 0.15) is 20.8 Å². The Balaban J connectivity index is 2.74. The van der Waals surface area contributed by atoms with Gasteiger partial charge in [-0.15, -0.1) is 0 Å². The number of aliphatic hydroxyl groups is 1. The van der Waals surface area contributed by atoms with Gasteiger partial charge in [0.1, 0.15) is 6.61 Å². The van der Waals surface area contributed by atoms with Gasteiger partial charge in [-0.05, 0) is 20.8 Å². The van der Waals surface area contributed by atoms with Crippen LogP contribution in [0.5, 0.6) is 0 Å². The van der Waals surface area contributed by atoms with Gasteiger partial charge in [-0.1, -0.05) is 0 Å². The average molecular weight is 214 g/mol. The summed E-state index contributed by atoms with van der Waals surface area (Å²) in [6.45, 7) is 4.49. The number of rotatable bonds is 2. The molecule has 5 heteroatoms. The van der Waals surface area contributed by atoms with Gasteiger partial charge in [-0.2, -0.15) is 0 Å². The predicted molar refractivity (Wildman–Crippen MR) is 50.9 cm³/mol. The second-order valence-corrected chi connectivity index (χ2v) is 3.89. The van der Waals surface area contributed by atoms with Gasteiger partial charge in [0.2, 0.25) is 5.76 Å². The maximum absolute atomic E-state index is 11.3. The highest BCUT2D eigenvalue weighted by Crippen LogP contribution is 2.18. The van der Waals surface area contributed by atoms with Crippen LogP contribution in [0.3, 0.4) is 0 Å². The fourth-order valence-electron chi connectivity index (χ4n) is 0.996. The number of esters is 1. The van der Waals surface area contributed by atoms with Crippen molar-refractivity contribution in [3.05, 3.63) is 11.8 Å². The number of hydrogen-bond donors (Lipinski definition) is 1. The van der Waals surface area contributed by atoms with E-state index in [-0.39, 0.29) is 18.5 Å². The molecule has 0 aromatic carbocycles. The Morgan fingerprint density at radius 2 is 2.27 bits per heavy atom. The summed E-state index contributed by atoms with van der Waals surface area (Å²) in [5.41, 5.74) is -1.55. The topological polar surface area (TPSA) is 72.8 Å². The molecule has 0 amide bonds. The minimum atomic E-state index is -1.55. The van der Waals surface area contributed by atoms with Crippen LogP contribution in [-0.4, -0.2) is 35.2 Å². The Morgan fingerprint density at radius 1 is 1.67 bits per heavy atom. The molecule has 0 bridgehead atoms. The van der Waals surface area contributed by atoms with Gasteiger partial charge in [-0.25, -0.2) is 4.79 Å². The summed E-state index contributed by atoms with van der Waals surface area (Å²) in [7, 11) is 0. The van der Waals surface area contributed by atoms with Crippen LogP contribution in [0.2, 0.25) is 0 Å². The van der Waals surface area contributed by atoms with E-state index in [0.29, 0.717) is 0 Å². The summed E-state index contributed by atoms with van der Waals surface area (Å²) in [6, 6.07) is 0. The molecule has 1 rings (SSSR count). The van der Waals surface area contributed by atoms with Crippen molar-refractivity contribution >= 4 is 11.8 Å². The van der Waals surface area contributed by atoms with Gasteiger partial charge in [0.15, 0.2) is 11.4 Å². The van der Waals surface area contributed by atoms with Crippen LogP contribution in [0.25, 0.3) is 0 Å². The third kappa shape index (κ3) is 2.79. The standard InChI is InChI=1S/C10H14O5/c1-6(2)15-9(12)7-4-8(11)10(3,13)5-14-7/h4,6,13H,5H2,1-3H3. The summed E-state index contributed by atoms with van der Waals surface area (Å²) in [6.07, 6.45) is 0.688. The summed E-state index contributed by atoms with van der Waals surface area (Å²) in [4.78, 5) is 22.6. The van der Waals surface area contributed by atoms with Crippen molar-refractivity contribution in [3.63, 3.8) is 0 Å². The van der Waals surface area contributed by atoms with E-state index in [1.807, 2.05) is 0 Å². The minimum Gasteiger partial charge on any atom is -0.483 e. The summed E-state index contributed by atoms with van der Waals surface area (Å²) >= 11 is 0. The Bertz CT molecular complexity index is 314. The Hall–Kier alpha value is -1.36. The van der Waals surface area contributed by atoms with E-state index in [2.05, 4.69) is 0 Å². The first-order valence-electron chi connectivity index (χ1n) is 4.65. The van der Waals surface area contributed by atoms with E-state index < -0.39 is 17.4 Å². The van der Waals surface area contributed by atoms with E-state index in [1.165, 1.54) is 6.92 Å². The smallest absolute Gasteiger partial charge is 0.373 e. The minimum absolute atomic E-state index is 0.153. The lowest BCUT2D eigenvalue weighted by Crippen LogP contribution is -2.43. The first-order valence-corrected chi connectivity index (χ1v) is 4.65. The molecule has 1 heterocycles. The summed E-state index contributed by atoms with van der Waals surface area (Å²) in [5, 5.41) is 9.45. The van der Waals surface area contributed by atoms with Crippen LogP contribution in [0, 0.1) is 0 Å². The highest BCUT2D eigenvalue weighted by molar-refractivity contribution is 6.03. The van der Waals surface area contributed by atoms with E-state index in [4.69, 9.17) is 9.47 Å². The number of hydrogen-bond acceptors (Lipinski definition) is 5. The van der Waals surface area contributed by atoms with Crippen molar-refractivity contribution < 1.29 is 24.2 Å². The van der Waals surface area contributed by atoms with Crippen molar-refractivity contribution in [2.75, 3.05) is 6.61 Å². The van der Waals surface area contributed by atoms with Crippen LogP contribution in [0.4, 0.5) is 0 Å². The zero-order valence-corrected chi connectivity index (χ0v) is 8.94. The summed E-state index contributed by atoms with van der Waals surface area (Å²) in [5.74, 6) is -1.39. The summed E-state index contributed by atoms with van der Waals surface area (Å²) < 4.78 is 9.78. The molecule has 0 radical (unpaired) electrons. The van der Waals surface area contributed by atoms with Gasteiger partial charge in [0, 0.05) is 6.08 Å². The molecule has 5 nitrogen and oxygen atoms in total. The molecule has 0 spiro atoms. The van der Waals surface area contributed by atoms with Crippen molar-refractivity contribution in [2.24, 2.45) is 0 Å². The Kier molecular flexibility index (Phi) is 3.14. The third-order valence-electron chi connectivity index (χ3n) is 1.85. The average Bonchev–Trinajstić information content (AvgIpc) is 2.08.